The zero-order valence-electron chi connectivity index (χ0n) is 11.5. The van der Waals surface area contributed by atoms with E-state index in [0.717, 1.165) is 19.3 Å². The monoisotopic (exact) mass is 264 g/mol. The van der Waals surface area contributed by atoms with Crippen LogP contribution in [0.5, 0.6) is 0 Å². The molecule has 104 valence electrons. The number of carbonyl (C=O) groups is 1. The first-order chi connectivity index (χ1) is 8.89. The Bertz CT molecular complexity index is 485. The van der Waals surface area contributed by atoms with Gasteiger partial charge >= 0.3 is 0 Å². The average Bonchev–Trinajstić information content (AvgIpc) is 2.31. The predicted octanol–water partition coefficient (Wildman–Crippen LogP) is 3.11. The van der Waals surface area contributed by atoms with E-state index in [1.807, 2.05) is 0 Å². The van der Waals surface area contributed by atoms with Crippen molar-refractivity contribution < 1.29 is 9.18 Å². The van der Waals surface area contributed by atoms with Gasteiger partial charge in [-0.25, -0.2) is 4.39 Å². The summed E-state index contributed by atoms with van der Waals surface area (Å²) in [5.74, 6) is -0.823. The molecule has 3 nitrogen and oxygen atoms in total. The summed E-state index contributed by atoms with van der Waals surface area (Å²) >= 11 is 0. The van der Waals surface area contributed by atoms with Crippen LogP contribution in [0.15, 0.2) is 18.2 Å². The molecule has 0 saturated heterocycles. The van der Waals surface area contributed by atoms with E-state index >= 15 is 0 Å². The van der Waals surface area contributed by atoms with E-state index in [1.54, 1.807) is 6.07 Å². The van der Waals surface area contributed by atoms with E-state index in [1.165, 1.54) is 18.6 Å². The average molecular weight is 264 g/mol. The Labute approximate surface area is 113 Å². The van der Waals surface area contributed by atoms with Crippen molar-refractivity contribution in [2.75, 3.05) is 5.73 Å². The summed E-state index contributed by atoms with van der Waals surface area (Å²) in [7, 11) is 0. The zero-order chi connectivity index (χ0) is 14.0. The first-order valence-electron chi connectivity index (χ1n) is 6.74. The molecular weight excluding hydrogens is 243 g/mol. The molecule has 1 unspecified atom stereocenters. The summed E-state index contributed by atoms with van der Waals surface area (Å²) in [4.78, 5) is 12.1. The highest BCUT2D eigenvalue weighted by Crippen LogP contribution is 2.35. The number of benzene rings is 1. The first kappa shape index (κ1) is 13.8. The molecular formula is C15H21FN2O. The minimum Gasteiger partial charge on any atom is -0.396 e. The molecule has 1 amide bonds. The third kappa shape index (κ3) is 3.25. The number of nitrogens with one attached hydrogen (secondary N) is 1. The minimum atomic E-state index is -0.545. The number of para-hydroxylation sites is 1. The van der Waals surface area contributed by atoms with Crippen molar-refractivity contribution in [2.45, 2.75) is 45.6 Å². The Morgan fingerprint density at radius 1 is 1.47 bits per heavy atom. The van der Waals surface area contributed by atoms with Crippen LogP contribution in [0, 0.1) is 11.2 Å². The fraction of sp³-hybridized carbons (Fsp3) is 0.533. The van der Waals surface area contributed by atoms with Gasteiger partial charge in [-0.2, -0.15) is 0 Å². The highest BCUT2D eigenvalue weighted by molar-refractivity contribution is 5.99. The van der Waals surface area contributed by atoms with Gasteiger partial charge in [0.1, 0.15) is 5.82 Å². The topological polar surface area (TPSA) is 55.1 Å². The summed E-state index contributed by atoms with van der Waals surface area (Å²) < 4.78 is 13.3. The van der Waals surface area contributed by atoms with Crippen LogP contribution in [-0.4, -0.2) is 11.9 Å². The smallest absolute Gasteiger partial charge is 0.253 e. The van der Waals surface area contributed by atoms with Crippen molar-refractivity contribution >= 4 is 11.6 Å². The number of amides is 1. The Balaban J connectivity index is 2.07. The fourth-order valence-electron chi connectivity index (χ4n) is 2.82. The minimum absolute atomic E-state index is 0.0740. The lowest BCUT2D eigenvalue weighted by Crippen LogP contribution is -2.40. The maximum Gasteiger partial charge on any atom is 0.253 e. The number of nitrogens with two attached hydrogens (primary N) is 1. The fourth-order valence-corrected chi connectivity index (χ4v) is 2.82. The zero-order valence-corrected chi connectivity index (χ0v) is 11.5. The molecule has 19 heavy (non-hydrogen) atoms. The van der Waals surface area contributed by atoms with Gasteiger partial charge in [-0.3, -0.25) is 4.79 Å². The van der Waals surface area contributed by atoms with Crippen molar-refractivity contribution in [2.24, 2.45) is 5.41 Å². The molecule has 1 aliphatic rings. The second-order valence-electron chi connectivity index (χ2n) is 6.13. The third-order valence-electron chi connectivity index (χ3n) is 3.84. The van der Waals surface area contributed by atoms with Crippen LogP contribution in [0.3, 0.4) is 0 Å². The van der Waals surface area contributed by atoms with Gasteiger partial charge in [0.05, 0.1) is 11.3 Å². The van der Waals surface area contributed by atoms with Crippen molar-refractivity contribution in [3.8, 4) is 0 Å². The molecule has 1 aromatic carbocycles. The predicted molar refractivity (Wildman–Crippen MR) is 74.3 cm³/mol. The van der Waals surface area contributed by atoms with Crippen molar-refractivity contribution in [1.82, 2.24) is 5.32 Å². The molecule has 0 spiro atoms. The molecule has 1 atom stereocenters. The summed E-state index contributed by atoms with van der Waals surface area (Å²) in [6, 6.07) is 4.47. The lowest BCUT2D eigenvalue weighted by Gasteiger charge is -2.35. The van der Waals surface area contributed by atoms with Crippen LogP contribution in [0.1, 0.15) is 49.9 Å². The van der Waals surface area contributed by atoms with Crippen molar-refractivity contribution in [3.05, 3.63) is 29.6 Å². The molecule has 0 radical (unpaired) electrons. The van der Waals surface area contributed by atoms with Crippen molar-refractivity contribution in [1.29, 1.82) is 0 Å². The van der Waals surface area contributed by atoms with Gasteiger partial charge in [-0.15, -0.1) is 0 Å². The lowest BCUT2D eigenvalue weighted by atomic mass is 9.75. The number of halogens is 1. The van der Waals surface area contributed by atoms with Gasteiger partial charge in [0.25, 0.3) is 5.91 Å². The van der Waals surface area contributed by atoms with Crippen LogP contribution >= 0.6 is 0 Å². The number of carbonyl (C=O) groups excluding carboxylic acids is 1. The van der Waals surface area contributed by atoms with Gasteiger partial charge in [0.2, 0.25) is 0 Å². The second kappa shape index (κ2) is 5.19. The number of rotatable bonds is 2. The van der Waals surface area contributed by atoms with Gasteiger partial charge in [0, 0.05) is 6.04 Å². The molecule has 1 fully saturated rings. The molecule has 0 aliphatic heterocycles. The van der Waals surface area contributed by atoms with E-state index in [4.69, 9.17) is 5.73 Å². The van der Waals surface area contributed by atoms with Gasteiger partial charge < -0.3 is 11.1 Å². The summed E-state index contributed by atoms with van der Waals surface area (Å²) in [6.45, 7) is 4.42. The van der Waals surface area contributed by atoms with E-state index in [0.29, 0.717) is 0 Å². The molecule has 2 rings (SSSR count). The van der Waals surface area contributed by atoms with Crippen LogP contribution in [-0.2, 0) is 0 Å². The van der Waals surface area contributed by atoms with E-state index < -0.39 is 5.82 Å². The normalized spacial score (nSPS) is 21.9. The molecule has 4 heteroatoms. The van der Waals surface area contributed by atoms with Crippen LogP contribution in [0.2, 0.25) is 0 Å². The van der Waals surface area contributed by atoms with Crippen LogP contribution in [0.4, 0.5) is 10.1 Å². The Kier molecular flexibility index (Phi) is 3.78. The SMILES string of the molecule is CC1(C)CCCC(NC(=O)c2cccc(F)c2N)C1. The van der Waals surface area contributed by atoms with Crippen LogP contribution in [0.25, 0.3) is 0 Å². The molecule has 0 bridgehead atoms. The van der Waals surface area contributed by atoms with Gasteiger partial charge in [-0.05, 0) is 36.8 Å². The summed E-state index contributed by atoms with van der Waals surface area (Å²) in [6.07, 6.45) is 4.22. The molecule has 0 heterocycles. The van der Waals surface area contributed by atoms with Crippen LogP contribution < -0.4 is 11.1 Å². The second-order valence-corrected chi connectivity index (χ2v) is 6.13. The third-order valence-corrected chi connectivity index (χ3v) is 3.84. The summed E-state index contributed by atoms with van der Waals surface area (Å²) in [5, 5.41) is 2.97. The number of hydrogen-bond acceptors (Lipinski definition) is 2. The quantitative estimate of drug-likeness (QED) is 0.806. The number of anilines is 1. The van der Waals surface area contributed by atoms with Gasteiger partial charge in [0.15, 0.2) is 0 Å². The number of hydrogen-bond donors (Lipinski definition) is 2. The standard InChI is InChI=1S/C15H21FN2O/c1-15(2)8-4-5-10(9-15)18-14(19)11-6-3-7-12(16)13(11)17/h3,6-7,10H,4-5,8-9,17H2,1-2H3,(H,18,19). The highest BCUT2D eigenvalue weighted by Gasteiger charge is 2.29. The molecule has 1 aliphatic carbocycles. The summed E-state index contributed by atoms with van der Waals surface area (Å²) in [5.41, 5.74) is 6.01. The molecule has 3 N–H and O–H groups in total. The van der Waals surface area contributed by atoms with E-state index in [-0.39, 0.29) is 28.6 Å². The lowest BCUT2D eigenvalue weighted by molar-refractivity contribution is 0.0903. The number of nitrogen functional groups attached to an aromatic ring is 1. The largest absolute Gasteiger partial charge is 0.396 e. The Morgan fingerprint density at radius 2 is 2.21 bits per heavy atom. The molecule has 1 aromatic rings. The van der Waals surface area contributed by atoms with E-state index in [2.05, 4.69) is 19.2 Å². The Morgan fingerprint density at radius 3 is 2.89 bits per heavy atom. The molecule has 0 aromatic heterocycles. The first-order valence-corrected chi connectivity index (χ1v) is 6.74. The molecule has 1 saturated carbocycles. The van der Waals surface area contributed by atoms with Gasteiger partial charge in [-0.1, -0.05) is 26.3 Å². The maximum absolute atomic E-state index is 13.3. The Hall–Kier alpha value is -1.58. The van der Waals surface area contributed by atoms with Crippen molar-refractivity contribution in [3.63, 3.8) is 0 Å². The van der Waals surface area contributed by atoms with E-state index in [9.17, 15) is 9.18 Å². The highest BCUT2D eigenvalue weighted by atomic mass is 19.1. The maximum atomic E-state index is 13.3.